The topological polar surface area (TPSA) is 64.5 Å². The van der Waals surface area contributed by atoms with E-state index in [0.717, 1.165) is 10.9 Å². The van der Waals surface area contributed by atoms with Gasteiger partial charge in [0.05, 0.1) is 5.52 Å². The van der Waals surface area contributed by atoms with Crippen LogP contribution in [0.3, 0.4) is 0 Å². The molecule has 0 atom stereocenters. The molecule has 4 heteroatoms. The fourth-order valence-electron chi connectivity index (χ4n) is 1.11. The van der Waals surface area contributed by atoms with E-state index in [1.54, 1.807) is 0 Å². The molecule has 0 bridgehead atoms. The summed E-state index contributed by atoms with van der Waals surface area (Å²) in [6, 6.07) is 7.63. The van der Waals surface area contributed by atoms with Gasteiger partial charge in [-0.1, -0.05) is 12.1 Å². The Morgan fingerprint density at radius 2 is 2.25 bits per heavy atom. The Kier molecular flexibility index (Phi) is 1.42. The molecular formula is C8H6N4. The van der Waals surface area contributed by atoms with E-state index in [4.69, 9.17) is 5.26 Å². The van der Waals surface area contributed by atoms with Crippen molar-refractivity contribution in [2.45, 2.75) is 0 Å². The number of hydrogen-bond donors (Lipinski definition) is 2. The number of para-hydroxylation sites is 1. The second-order valence-corrected chi connectivity index (χ2v) is 2.35. The first kappa shape index (κ1) is 6.68. The van der Waals surface area contributed by atoms with Gasteiger partial charge in [-0.15, -0.1) is 0 Å². The number of rotatable bonds is 1. The number of aromatic amines is 1. The zero-order valence-electron chi connectivity index (χ0n) is 6.20. The SMILES string of the molecule is N#CNc1n[nH]c2ccccc12. The second kappa shape index (κ2) is 2.55. The molecule has 4 nitrogen and oxygen atoms in total. The molecule has 0 spiro atoms. The molecule has 0 radical (unpaired) electrons. The van der Waals surface area contributed by atoms with Gasteiger partial charge < -0.3 is 0 Å². The lowest BCUT2D eigenvalue weighted by Gasteiger charge is -1.89. The average Bonchev–Trinajstić information content (AvgIpc) is 2.50. The smallest absolute Gasteiger partial charge is 0.182 e. The number of anilines is 1. The molecule has 0 saturated carbocycles. The van der Waals surface area contributed by atoms with E-state index in [0.29, 0.717) is 5.82 Å². The van der Waals surface area contributed by atoms with E-state index >= 15 is 0 Å². The van der Waals surface area contributed by atoms with Crippen LogP contribution in [0.2, 0.25) is 0 Å². The summed E-state index contributed by atoms with van der Waals surface area (Å²) in [5.41, 5.74) is 0.926. The zero-order valence-corrected chi connectivity index (χ0v) is 6.20. The van der Waals surface area contributed by atoms with Crippen molar-refractivity contribution in [3.63, 3.8) is 0 Å². The van der Waals surface area contributed by atoms with Crippen LogP contribution in [0.25, 0.3) is 10.9 Å². The lowest BCUT2D eigenvalue weighted by Crippen LogP contribution is -1.86. The number of benzene rings is 1. The Balaban J connectivity index is 2.64. The normalized spacial score (nSPS) is 9.58. The minimum Gasteiger partial charge on any atom is -0.276 e. The summed E-state index contributed by atoms with van der Waals surface area (Å²) in [7, 11) is 0. The number of nitrogens with one attached hydrogen (secondary N) is 2. The van der Waals surface area contributed by atoms with Crippen LogP contribution in [-0.4, -0.2) is 10.2 Å². The summed E-state index contributed by atoms with van der Waals surface area (Å²) in [4.78, 5) is 0. The van der Waals surface area contributed by atoms with Crippen LogP contribution < -0.4 is 5.32 Å². The predicted octanol–water partition coefficient (Wildman–Crippen LogP) is 1.46. The van der Waals surface area contributed by atoms with Gasteiger partial charge in [-0.3, -0.25) is 10.4 Å². The number of aromatic nitrogens is 2. The third-order valence-electron chi connectivity index (χ3n) is 1.64. The van der Waals surface area contributed by atoms with E-state index < -0.39 is 0 Å². The van der Waals surface area contributed by atoms with E-state index in [1.807, 2.05) is 30.5 Å². The van der Waals surface area contributed by atoms with E-state index in [2.05, 4.69) is 15.5 Å². The minimum absolute atomic E-state index is 0.577. The first-order valence-corrected chi connectivity index (χ1v) is 3.50. The van der Waals surface area contributed by atoms with Crippen LogP contribution in [-0.2, 0) is 0 Å². The Morgan fingerprint density at radius 1 is 1.42 bits per heavy atom. The maximum atomic E-state index is 8.38. The largest absolute Gasteiger partial charge is 0.276 e. The highest BCUT2D eigenvalue weighted by Crippen LogP contribution is 2.18. The van der Waals surface area contributed by atoms with Crippen molar-refractivity contribution >= 4 is 16.7 Å². The van der Waals surface area contributed by atoms with Gasteiger partial charge in [0.15, 0.2) is 12.0 Å². The summed E-state index contributed by atoms with van der Waals surface area (Å²) >= 11 is 0. The van der Waals surface area contributed by atoms with Crippen LogP contribution in [0.5, 0.6) is 0 Å². The van der Waals surface area contributed by atoms with Crippen molar-refractivity contribution < 1.29 is 0 Å². The Bertz CT molecular complexity index is 437. The number of nitriles is 1. The molecule has 58 valence electrons. The van der Waals surface area contributed by atoms with Crippen LogP contribution >= 0.6 is 0 Å². The van der Waals surface area contributed by atoms with Gasteiger partial charge in [0.1, 0.15) is 0 Å². The molecule has 0 aliphatic carbocycles. The summed E-state index contributed by atoms with van der Waals surface area (Å²) in [6.45, 7) is 0. The van der Waals surface area contributed by atoms with Gasteiger partial charge >= 0.3 is 0 Å². The molecule has 0 amide bonds. The zero-order chi connectivity index (χ0) is 8.39. The van der Waals surface area contributed by atoms with Crippen molar-refractivity contribution in [1.29, 1.82) is 5.26 Å². The van der Waals surface area contributed by atoms with Crippen LogP contribution in [0.4, 0.5) is 5.82 Å². The van der Waals surface area contributed by atoms with Gasteiger partial charge in [-0.25, -0.2) is 0 Å². The Hall–Kier alpha value is -2.02. The van der Waals surface area contributed by atoms with E-state index in [1.165, 1.54) is 0 Å². The Morgan fingerprint density at radius 3 is 3.08 bits per heavy atom. The number of hydrogen-bond acceptors (Lipinski definition) is 3. The van der Waals surface area contributed by atoms with Gasteiger partial charge in [-0.2, -0.15) is 10.4 Å². The standard InChI is InChI=1S/C8H6N4/c9-5-10-8-6-3-1-2-4-7(6)11-12-8/h1-4H,(H2,10,11,12). The highest BCUT2D eigenvalue weighted by Gasteiger charge is 2.01. The molecule has 0 aliphatic rings. The summed E-state index contributed by atoms with van der Waals surface area (Å²) < 4.78 is 0. The molecule has 1 aromatic heterocycles. The highest BCUT2D eigenvalue weighted by molar-refractivity contribution is 5.89. The average molecular weight is 158 g/mol. The van der Waals surface area contributed by atoms with Crippen molar-refractivity contribution in [1.82, 2.24) is 10.2 Å². The molecular weight excluding hydrogens is 152 g/mol. The molecule has 2 rings (SSSR count). The molecule has 2 aromatic rings. The first-order valence-electron chi connectivity index (χ1n) is 3.50. The fourth-order valence-corrected chi connectivity index (χ4v) is 1.11. The lowest BCUT2D eigenvalue weighted by atomic mass is 10.2. The third kappa shape index (κ3) is 0.883. The summed E-state index contributed by atoms with van der Waals surface area (Å²) in [5.74, 6) is 0.577. The summed E-state index contributed by atoms with van der Waals surface area (Å²) in [5, 5.41) is 18.5. The maximum Gasteiger partial charge on any atom is 0.182 e. The van der Waals surface area contributed by atoms with Crippen molar-refractivity contribution in [2.75, 3.05) is 5.32 Å². The quantitative estimate of drug-likeness (QED) is 0.487. The molecule has 1 heterocycles. The summed E-state index contributed by atoms with van der Waals surface area (Å²) in [6.07, 6.45) is 1.83. The van der Waals surface area contributed by atoms with Gasteiger partial charge in [-0.05, 0) is 12.1 Å². The molecule has 2 N–H and O–H groups in total. The van der Waals surface area contributed by atoms with E-state index in [-0.39, 0.29) is 0 Å². The maximum absolute atomic E-state index is 8.38. The molecule has 0 fully saturated rings. The third-order valence-corrected chi connectivity index (χ3v) is 1.64. The minimum atomic E-state index is 0.577. The number of H-pyrrole nitrogens is 1. The van der Waals surface area contributed by atoms with Crippen molar-refractivity contribution in [2.24, 2.45) is 0 Å². The Labute approximate surface area is 68.8 Å². The van der Waals surface area contributed by atoms with E-state index in [9.17, 15) is 0 Å². The molecule has 12 heavy (non-hydrogen) atoms. The van der Waals surface area contributed by atoms with Gasteiger partial charge in [0.2, 0.25) is 0 Å². The highest BCUT2D eigenvalue weighted by atomic mass is 15.2. The van der Waals surface area contributed by atoms with Crippen LogP contribution in [0.15, 0.2) is 24.3 Å². The first-order chi connectivity index (χ1) is 5.92. The number of fused-ring (bicyclic) bond motifs is 1. The van der Waals surface area contributed by atoms with Crippen molar-refractivity contribution in [3.8, 4) is 6.19 Å². The van der Waals surface area contributed by atoms with Crippen molar-refractivity contribution in [3.05, 3.63) is 24.3 Å². The number of nitrogens with zero attached hydrogens (tertiary/aromatic N) is 2. The van der Waals surface area contributed by atoms with Gasteiger partial charge in [0.25, 0.3) is 0 Å². The molecule has 1 aromatic carbocycles. The predicted molar refractivity (Wildman–Crippen MR) is 45.3 cm³/mol. The monoisotopic (exact) mass is 158 g/mol. The molecule has 0 unspecified atom stereocenters. The lowest BCUT2D eigenvalue weighted by molar-refractivity contribution is 1.12. The second-order valence-electron chi connectivity index (χ2n) is 2.35. The van der Waals surface area contributed by atoms with Crippen LogP contribution in [0.1, 0.15) is 0 Å². The fraction of sp³-hybridized carbons (Fsp3) is 0. The van der Waals surface area contributed by atoms with Crippen LogP contribution in [0, 0.1) is 11.5 Å². The molecule has 0 aliphatic heterocycles. The molecule has 0 saturated heterocycles. The van der Waals surface area contributed by atoms with Gasteiger partial charge in [0, 0.05) is 5.39 Å².